The van der Waals surface area contributed by atoms with Crippen molar-refractivity contribution in [1.29, 1.82) is 0 Å². The lowest BCUT2D eigenvalue weighted by Crippen LogP contribution is -2.56. The standard InChI is InChI=1S/C15H26N2O3/c18-14(12-16-7-9-20-10-8-16)17-6-5-15(19)4-2-1-3-13(15)11-17/h13,19H,1-12H2. The Morgan fingerprint density at radius 1 is 1.20 bits per heavy atom. The summed E-state index contributed by atoms with van der Waals surface area (Å²) in [5.74, 6) is 0.512. The van der Waals surface area contributed by atoms with Gasteiger partial charge in [0.1, 0.15) is 0 Å². The number of piperidine rings is 1. The van der Waals surface area contributed by atoms with E-state index in [2.05, 4.69) is 4.90 Å². The minimum Gasteiger partial charge on any atom is -0.389 e. The minimum atomic E-state index is -0.492. The maximum absolute atomic E-state index is 12.4. The molecule has 1 N–H and O–H groups in total. The molecule has 2 aliphatic heterocycles. The van der Waals surface area contributed by atoms with Gasteiger partial charge in [-0.3, -0.25) is 9.69 Å². The first-order chi connectivity index (χ1) is 9.67. The van der Waals surface area contributed by atoms with Gasteiger partial charge in [0.15, 0.2) is 0 Å². The molecule has 1 saturated carbocycles. The average Bonchev–Trinajstić information content (AvgIpc) is 2.47. The third kappa shape index (κ3) is 3.00. The maximum Gasteiger partial charge on any atom is 0.236 e. The summed E-state index contributed by atoms with van der Waals surface area (Å²) in [6, 6.07) is 0. The normalized spacial score (nSPS) is 35.6. The molecule has 0 spiro atoms. The van der Waals surface area contributed by atoms with Crippen LogP contribution in [-0.2, 0) is 9.53 Å². The Bertz CT molecular complexity index is 357. The van der Waals surface area contributed by atoms with E-state index in [9.17, 15) is 9.90 Å². The first-order valence-electron chi connectivity index (χ1n) is 7.98. The molecule has 0 aromatic carbocycles. The van der Waals surface area contributed by atoms with Gasteiger partial charge in [0, 0.05) is 32.1 Å². The van der Waals surface area contributed by atoms with Crippen molar-refractivity contribution < 1.29 is 14.6 Å². The predicted octanol–water partition coefficient (Wildman–Crippen LogP) is 0.472. The molecule has 0 bridgehead atoms. The SMILES string of the molecule is O=C(CN1CCOCC1)N1CCC2(O)CCCCC2C1. The zero-order chi connectivity index (χ0) is 14.0. The summed E-state index contributed by atoms with van der Waals surface area (Å²) in [5, 5.41) is 10.6. The van der Waals surface area contributed by atoms with Gasteiger partial charge in [0.2, 0.25) is 5.91 Å². The Hall–Kier alpha value is -0.650. The van der Waals surface area contributed by atoms with Crippen LogP contribution in [0, 0.1) is 5.92 Å². The molecule has 3 fully saturated rings. The number of fused-ring (bicyclic) bond motifs is 1. The lowest BCUT2D eigenvalue weighted by Gasteiger charge is -2.47. The summed E-state index contributed by atoms with van der Waals surface area (Å²) in [7, 11) is 0. The van der Waals surface area contributed by atoms with Crippen molar-refractivity contribution >= 4 is 5.91 Å². The number of amides is 1. The Labute approximate surface area is 120 Å². The van der Waals surface area contributed by atoms with Crippen molar-refractivity contribution in [2.45, 2.75) is 37.7 Å². The van der Waals surface area contributed by atoms with Crippen LogP contribution in [0.3, 0.4) is 0 Å². The fourth-order valence-corrected chi connectivity index (χ4v) is 3.85. The quantitative estimate of drug-likeness (QED) is 0.800. The molecule has 2 saturated heterocycles. The van der Waals surface area contributed by atoms with Gasteiger partial charge >= 0.3 is 0 Å². The molecule has 5 heteroatoms. The molecule has 2 atom stereocenters. The first kappa shape index (κ1) is 14.3. The van der Waals surface area contributed by atoms with Gasteiger partial charge in [0.05, 0.1) is 25.4 Å². The second kappa shape index (κ2) is 6.00. The second-order valence-electron chi connectivity index (χ2n) is 6.52. The molecule has 2 heterocycles. The molecule has 3 rings (SSSR count). The van der Waals surface area contributed by atoms with Crippen LogP contribution >= 0.6 is 0 Å². The molecule has 0 aromatic heterocycles. The molecular weight excluding hydrogens is 256 g/mol. The highest BCUT2D eigenvalue weighted by Crippen LogP contribution is 2.39. The monoisotopic (exact) mass is 282 g/mol. The van der Waals surface area contributed by atoms with E-state index in [1.54, 1.807) is 0 Å². The van der Waals surface area contributed by atoms with Crippen LogP contribution in [-0.4, -0.2) is 72.4 Å². The van der Waals surface area contributed by atoms with Crippen molar-refractivity contribution in [3.8, 4) is 0 Å². The highest BCUT2D eigenvalue weighted by molar-refractivity contribution is 5.78. The van der Waals surface area contributed by atoms with E-state index in [0.717, 1.165) is 65.1 Å². The largest absolute Gasteiger partial charge is 0.389 e. The smallest absolute Gasteiger partial charge is 0.236 e. The number of aliphatic hydroxyl groups is 1. The molecule has 1 amide bonds. The first-order valence-corrected chi connectivity index (χ1v) is 7.98. The summed E-state index contributed by atoms with van der Waals surface area (Å²) >= 11 is 0. The molecule has 2 unspecified atom stereocenters. The molecular formula is C15H26N2O3. The summed E-state index contributed by atoms with van der Waals surface area (Å²) in [6.07, 6.45) is 5.07. The van der Waals surface area contributed by atoms with E-state index in [0.29, 0.717) is 12.5 Å². The van der Waals surface area contributed by atoms with Gasteiger partial charge in [0.25, 0.3) is 0 Å². The highest BCUT2D eigenvalue weighted by atomic mass is 16.5. The lowest BCUT2D eigenvalue weighted by molar-refractivity contribution is -0.145. The van der Waals surface area contributed by atoms with Gasteiger partial charge in [-0.2, -0.15) is 0 Å². The van der Waals surface area contributed by atoms with Crippen molar-refractivity contribution in [3.05, 3.63) is 0 Å². The Morgan fingerprint density at radius 2 is 2.00 bits per heavy atom. The van der Waals surface area contributed by atoms with E-state index >= 15 is 0 Å². The van der Waals surface area contributed by atoms with Crippen LogP contribution in [0.5, 0.6) is 0 Å². The number of likely N-dealkylation sites (tertiary alicyclic amines) is 1. The number of ether oxygens (including phenoxy) is 1. The number of hydrogen-bond donors (Lipinski definition) is 1. The van der Waals surface area contributed by atoms with Gasteiger partial charge in [-0.25, -0.2) is 0 Å². The van der Waals surface area contributed by atoms with Gasteiger partial charge in [-0.15, -0.1) is 0 Å². The van der Waals surface area contributed by atoms with Gasteiger partial charge < -0.3 is 14.7 Å². The van der Waals surface area contributed by atoms with E-state index < -0.39 is 5.60 Å². The molecule has 1 aliphatic carbocycles. The zero-order valence-electron chi connectivity index (χ0n) is 12.2. The molecule has 3 aliphatic rings. The molecule has 0 aromatic rings. The maximum atomic E-state index is 12.4. The van der Waals surface area contributed by atoms with E-state index in [4.69, 9.17) is 4.74 Å². The topological polar surface area (TPSA) is 53.0 Å². The number of hydrogen-bond acceptors (Lipinski definition) is 4. The van der Waals surface area contributed by atoms with Crippen LogP contribution in [0.15, 0.2) is 0 Å². The van der Waals surface area contributed by atoms with Crippen LogP contribution in [0.4, 0.5) is 0 Å². The van der Waals surface area contributed by atoms with Crippen molar-refractivity contribution in [3.63, 3.8) is 0 Å². The highest BCUT2D eigenvalue weighted by Gasteiger charge is 2.43. The zero-order valence-corrected chi connectivity index (χ0v) is 12.2. The lowest BCUT2D eigenvalue weighted by atomic mass is 9.71. The van der Waals surface area contributed by atoms with Crippen molar-refractivity contribution in [1.82, 2.24) is 9.80 Å². The Balaban J connectivity index is 1.54. The van der Waals surface area contributed by atoms with E-state index in [1.807, 2.05) is 4.90 Å². The minimum absolute atomic E-state index is 0.222. The van der Waals surface area contributed by atoms with Gasteiger partial charge in [-0.1, -0.05) is 12.8 Å². The fraction of sp³-hybridized carbons (Fsp3) is 0.933. The number of nitrogens with zero attached hydrogens (tertiary/aromatic N) is 2. The Morgan fingerprint density at radius 3 is 2.80 bits per heavy atom. The van der Waals surface area contributed by atoms with Crippen LogP contribution in [0.1, 0.15) is 32.1 Å². The van der Waals surface area contributed by atoms with Crippen LogP contribution in [0.25, 0.3) is 0 Å². The molecule has 5 nitrogen and oxygen atoms in total. The van der Waals surface area contributed by atoms with Crippen LogP contribution in [0.2, 0.25) is 0 Å². The number of rotatable bonds is 2. The third-order valence-corrected chi connectivity index (χ3v) is 5.24. The number of carbonyl (C=O) groups excluding carboxylic acids is 1. The number of carbonyl (C=O) groups is 1. The molecule has 20 heavy (non-hydrogen) atoms. The van der Waals surface area contributed by atoms with E-state index in [-0.39, 0.29) is 5.91 Å². The van der Waals surface area contributed by atoms with E-state index in [1.165, 1.54) is 6.42 Å². The van der Waals surface area contributed by atoms with Crippen LogP contribution < -0.4 is 0 Å². The molecule has 0 radical (unpaired) electrons. The van der Waals surface area contributed by atoms with Crippen molar-refractivity contribution in [2.24, 2.45) is 5.92 Å². The summed E-state index contributed by atoms with van der Waals surface area (Å²) < 4.78 is 5.31. The third-order valence-electron chi connectivity index (χ3n) is 5.24. The Kier molecular flexibility index (Phi) is 4.29. The second-order valence-corrected chi connectivity index (χ2v) is 6.52. The number of morpholine rings is 1. The predicted molar refractivity (Wildman–Crippen MR) is 75.4 cm³/mol. The van der Waals surface area contributed by atoms with Crippen molar-refractivity contribution in [2.75, 3.05) is 45.9 Å². The molecule has 114 valence electrons. The van der Waals surface area contributed by atoms with Gasteiger partial charge in [-0.05, 0) is 19.3 Å². The summed E-state index contributed by atoms with van der Waals surface area (Å²) in [5.41, 5.74) is -0.492. The summed E-state index contributed by atoms with van der Waals surface area (Å²) in [4.78, 5) is 16.6. The summed E-state index contributed by atoms with van der Waals surface area (Å²) in [6.45, 7) is 5.15. The fourth-order valence-electron chi connectivity index (χ4n) is 3.85. The average molecular weight is 282 g/mol.